The molecule has 2 rings (SSSR count). The first-order chi connectivity index (χ1) is 11.7. The van der Waals surface area contributed by atoms with Crippen LogP contribution in [0.4, 0.5) is 4.79 Å². The predicted octanol–water partition coefficient (Wildman–Crippen LogP) is 6.22. The molecule has 2 aromatic carbocycles. The van der Waals surface area contributed by atoms with E-state index >= 15 is 0 Å². The summed E-state index contributed by atoms with van der Waals surface area (Å²) in [6, 6.07) is 19.7. The summed E-state index contributed by atoms with van der Waals surface area (Å²) >= 11 is 0. The molecular formula is C21H26O3. The summed E-state index contributed by atoms with van der Waals surface area (Å²) < 4.78 is 11.2. The highest BCUT2D eigenvalue weighted by Gasteiger charge is 2.21. The monoisotopic (exact) mass is 326 g/mol. The van der Waals surface area contributed by atoms with Gasteiger partial charge in [0, 0.05) is 0 Å². The molecule has 3 nitrogen and oxygen atoms in total. The van der Waals surface area contributed by atoms with E-state index in [-0.39, 0.29) is 12.2 Å². The molecule has 24 heavy (non-hydrogen) atoms. The second-order valence-electron chi connectivity index (χ2n) is 5.86. The maximum atomic E-state index is 12.3. The normalized spacial score (nSPS) is 13.1. The van der Waals surface area contributed by atoms with Crippen molar-refractivity contribution in [1.29, 1.82) is 0 Å². The molecule has 0 aromatic heterocycles. The van der Waals surface area contributed by atoms with Crippen LogP contribution in [0.5, 0.6) is 0 Å². The van der Waals surface area contributed by atoms with Crippen molar-refractivity contribution in [1.82, 2.24) is 0 Å². The Labute approximate surface area is 144 Å². The molecule has 2 unspecified atom stereocenters. The number of carbonyl (C=O) groups is 1. The van der Waals surface area contributed by atoms with Crippen LogP contribution in [0.2, 0.25) is 0 Å². The van der Waals surface area contributed by atoms with Crippen molar-refractivity contribution in [3.63, 3.8) is 0 Å². The molecule has 128 valence electrons. The lowest BCUT2D eigenvalue weighted by molar-refractivity contribution is -0.00780. The van der Waals surface area contributed by atoms with Crippen LogP contribution in [0.3, 0.4) is 0 Å². The fraction of sp³-hybridized carbons (Fsp3) is 0.381. The first kappa shape index (κ1) is 18.1. The van der Waals surface area contributed by atoms with Gasteiger partial charge >= 0.3 is 6.16 Å². The largest absolute Gasteiger partial charge is 0.509 e. The lowest BCUT2D eigenvalue weighted by Crippen LogP contribution is -2.16. The van der Waals surface area contributed by atoms with Gasteiger partial charge in [0.2, 0.25) is 0 Å². The van der Waals surface area contributed by atoms with E-state index in [0.717, 1.165) is 36.8 Å². The van der Waals surface area contributed by atoms with Crippen molar-refractivity contribution in [2.75, 3.05) is 0 Å². The van der Waals surface area contributed by atoms with Crippen LogP contribution in [0.15, 0.2) is 60.7 Å². The summed E-state index contributed by atoms with van der Waals surface area (Å²) in [4.78, 5) is 12.3. The Bertz CT molecular complexity index is 541. The van der Waals surface area contributed by atoms with Gasteiger partial charge in [-0.05, 0) is 24.0 Å². The van der Waals surface area contributed by atoms with Gasteiger partial charge in [0.25, 0.3) is 0 Å². The summed E-state index contributed by atoms with van der Waals surface area (Å²) in [7, 11) is 0. The van der Waals surface area contributed by atoms with E-state index in [2.05, 4.69) is 13.8 Å². The number of ether oxygens (including phenoxy) is 2. The molecule has 0 aliphatic rings. The summed E-state index contributed by atoms with van der Waals surface area (Å²) in [5, 5.41) is 0. The Morgan fingerprint density at radius 2 is 1.12 bits per heavy atom. The molecule has 0 bridgehead atoms. The van der Waals surface area contributed by atoms with E-state index < -0.39 is 6.16 Å². The second kappa shape index (κ2) is 9.76. The summed E-state index contributed by atoms with van der Waals surface area (Å²) in [6.07, 6.45) is 2.31. The van der Waals surface area contributed by atoms with Crippen LogP contribution in [0.1, 0.15) is 62.9 Å². The van der Waals surface area contributed by atoms with E-state index in [1.165, 1.54) is 0 Å². The van der Waals surface area contributed by atoms with Crippen molar-refractivity contribution in [3.8, 4) is 0 Å². The maximum absolute atomic E-state index is 12.3. The van der Waals surface area contributed by atoms with Crippen LogP contribution < -0.4 is 0 Å². The minimum Gasteiger partial charge on any atom is -0.426 e. The topological polar surface area (TPSA) is 35.5 Å². The van der Waals surface area contributed by atoms with Crippen LogP contribution in [0, 0.1) is 0 Å². The van der Waals surface area contributed by atoms with Gasteiger partial charge in [0.15, 0.2) is 0 Å². The third kappa shape index (κ3) is 5.41. The third-order valence-corrected chi connectivity index (χ3v) is 3.92. The molecule has 0 heterocycles. The van der Waals surface area contributed by atoms with E-state index in [0.29, 0.717) is 0 Å². The zero-order valence-corrected chi connectivity index (χ0v) is 14.5. The Hall–Kier alpha value is -2.29. The molecule has 0 spiro atoms. The van der Waals surface area contributed by atoms with Crippen LogP contribution in [-0.2, 0) is 9.47 Å². The van der Waals surface area contributed by atoms with Crippen molar-refractivity contribution in [3.05, 3.63) is 71.8 Å². The second-order valence-corrected chi connectivity index (χ2v) is 5.86. The zero-order valence-electron chi connectivity index (χ0n) is 14.5. The lowest BCUT2D eigenvalue weighted by atomic mass is 10.1. The third-order valence-electron chi connectivity index (χ3n) is 3.92. The molecule has 2 aromatic rings. The van der Waals surface area contributed by atoms with E-state index in [4.69, 9.17) is 9.47 Å². The first-order valence-corrected chi connectivity index (χ1v) is 8.71. The fourth-order valence-corrected chi connectivity index (χ4v) is 2.71. The smallest absolute Gasteiger partial charge is 0.426 e. The molecule has 3 heteroatoms. The average Bonchev–Trinajstić information content (AvgIpc) is 2.62. The van der Waals surface area contributed by atoms with Crippen molar-refractivity contribution in [2.24, 2.45) is 0 Å². The molecular weight excluding hydrogens is 300 g/mol. The fourth-order valence-electron chi connectivity index (χ4n) is 2.71. The SMILES string of the molecule is CCCC(OC(=O)OC(CCC)c1ccccc1)c1ccccc1. The molecule has 0 amide bonds. The highest BCUT2D eigenvalue weighted by atomic mass is 16.7. The Morgan fingerprint density at radius 1 is 0.750 bits per heavy atom. The molecule has 0 saturated carbocycles. The van der Waals surface area contributed by atoms with Crippen LogP contribution in [-0.4, -0.2) is 6.16 Å². The first-order valence-electron chi connectivity index (χ1n) is 8.71. The quantitative estimate of drug-likeness (QED) is 0.540. The highest BCUT2D eigenvalue weighted by Crippen LogP contribution is 2.27. The van der Waals surface area contributed by atoms with Gasteiger partial charge in [0.05, 0.1) is 0 Å². The molecule has 0 aliphatic carbocycles. The van der Waals surface area contributed by atoms with Gasteiger partial charge in [-0.25, -0.2) is 4.79 Å². The van der Waals surface area contributed by atoms with Gasteiger partial charge in [-0.3, -0.25) is 0 Å². The highest BCUT2D eigenvalue weighted by molar-refractivity contribution is 5.61. The molecule has 0 saturated heterocycles. The average molecular weight is 326 g/mol. The van der Waals surface area contributed by atoms with Crippen LogP contribution in [0.25, 0.3) is 0 Å². The maximum Gasteiger partial charge on any atom is 0.509 e. The summed E-state index contributed by atoms with van der Waals surface area (Å²) in [6.45, 7) is 4.16. The minimum atomic E-state index is -0.598. The number of benzene rings is 2. The summed E-state index contributed by atoms with van der Waals surface area (Å²) in [5.41, 5.74) is 2.01. The molecule has 0 fully saturated rings. The zero-order chi connectivity index (χ0) is 17.2. The molecule has 0 radical (unpaired) electrons. The van der Waals surface area contributed by atoms with Gasteiger partial charge in [-0.1, -0.05) is 87.4 Å². The standard InChI is InChI=1S/C21H26O3/c1-3-11-19(17-13-7-5-8-14-17)23-21(22)24-20(12-4-2)18-15-9-6-10-16-18/h5-10,13-16,19-20H,3-4,11-12H2,1-2H3. The lowest BCUT2D eigenvalue weighted by Gasteiger charge is -2.21. The predicted molar refractivity (Wildman–Crippen MR) is 95.7 cm³/mol. The van der Waals surface area contributed by atoms with Gasteiger partial charge in [-0.15, -0.1) is 0 Å². The van der Waals surface area contributed by atoms with E-state index in [9.17, 15) is 4.79 Å². The molecule has 2 atom stereocenters. The molecule has 0 aliphatic heterocycles. The molecule has 0 N–H and O–H groups in total. The summed E-state index contributed by atoms with van der Waals surface area (Å²) in [5.74, 6) is 0. The Morgan fingerprint density at radius 3 is 1.46 bits per heavy atom. The van der Waals surface area contributed by atoms with E-state index in [1.807, 2.05) is 60.7 Å². The van der Waals surface area contributed by atoms with Crippen molar-refractivity contribution >= 4 is 6.16 Å². The number of hydrogen-bond acceptors (Lipinski definition) is 3. The van der Waals surface area contributed by atoms with E-state index in [1.54, 1.807) is 0 Å². The Balaban J connectivity index is 2.03. The van der Waals surface area contributed by atoms with Crippen molar-refractivity contribution in [2.45, 2.75) is 51.7 Å². The van der Waals surface area contributed by atoms with Gasteiger partial charge in [-0.2, -0.15) is 0 Å². The Kier molecular flexibility index (Phi) is 7.34. The van der Waals surface area contributed by atoms with Crippen molar-refractivity contribution < 1.29 is 14.3 Å². The minimum absolute atomic E-state index is 0.262. The van der Waals surface area contributed by atoms with Gasteiger partial charge < -0.3 is 9.47 Å². The number of rotatable bonds is 8. The van der Waals surface area contributed by atoms with Crippen LogP contribution >= 0.6 is 0 Å². The van der Waals surface area contributed by atoms with Gasteiger partial charge in [0.1, 0.15) is 12.2 Å². The number of carbonyl (C=O) groups excluding carboxylic acids is 1. The number of hydrogen-bond donors (Lipinski definition) is 0.